The van der Waals surface area contributed by atoms with Crippen molar-refractivity contribution in [2.45, 2.75) is 38.3 Å². The van der Waals surface area contributed by atoms with Crippen molar-refractivity contribution in [3.05, 3.63) is 52.0 Å². The topological polar surface area (TPSA) is 51.2 Å². The maximum atomic E-state index is 11.9. The van der Waals surface area contributed by atoms with Gasteiger partial charge >= 0.3 is 0 Å². The number of carbonyl (C=O) groups excluding carboxylic acids is 1. The first-order chi connectivity index (χ1) is 10.8. The van der Waals surface area contributed by atoms with Gasteiger partial charge in [-0.05, 0) is 24.8 Å². The van der Waals surface area contributed by atoms with Crippen LogP contribution in [0.3, 0.4) is 0 Å². The highest BCUT2D eigenvalue weighted by Gasteiger charge is 2.23. The van der Waals surface area contributed by atoms with Gasteiger partial charge in [0, 0.05) is 18.4 Å². The first-order valence-electron chi connectivity index (χ1n) is 7.68. The molecule has 1 atom stereocenters. The molecule has 0 radical (unpaired) electrons. The van der Waals surface area contributed by atoms with Crippen molar-refractivity contribution in [1.82, 2.24) is 10.3 Å². The number of aryl methyl sites for hydroxylation is 2. The molecule has 0 spiro atoms. The molecule has 1 unspecified atom stereocenters. The van der Waals surface area contributed by atoms with Gasteiger partial charge in [0.15, 0.2) is 0 Å². The van der Waals surface area contributed by atoms with E-state index in [0.29, 0.717) is 13.2 Å². The van der Waals surface area contributed by atoms with Gasteiger partial charge in [-0.2, -0.15) is 0 Å². The summed E-state index contributed by atoms with van der Waals surface area (Å²) in [6.07, 6.45) is 3.46. The highest BCUT2D eigenvalue weighted by Crippen LogP contribution is 2.14. The van der Waals surface area contributed by atoms with Crippen molar-refractivity contribution in [1.29, 1.82) is 0 Å². The summed E-state index contributed by atoms with van der Waals surface area (Å²) < 4.78 is 5.37. The van der Waals surface area contributed by atoms with Crippen LogP contribution in [0.1, 0.15) is 29.1 Å². The fourth-order valence-electron chi connectivity index (χ4n) is 2.52. The van der Waals surface area contributed by atoms with E-state index < -0.39 is 0 Å². The van der Waals surface area contributed by atoms with E-state index in [0.717, 1.165) is 36.4 Å². The third-order valence-corrected chi connectivity index (χ3v) is 4.69. The van der Waals surface area contributed by atoms with Gasteiger partial charge in [0.2, 0.25) is 5.91 Å². The minimum Gasteiger partial charge on any atom is -0.368 e. The molecule has 5 heteroatoms. The molecule has 1 aromatic heterocycles. The number of aromatic nitrogens is 1. The summed E-state index contributed by atoms with van der Waals surface area (Å²) in [6, 6.07) is 10.4. The highest BCUT2D eigenvalue weighted by atomic mass is 32.1. The Morgan fingerprint density at radius 1 is 1.32 bits per heavy atom. The molecule has 0 aliphatic carbocycles. The van der Waals surface area contributed by atoms with Crippen LogP contribution in [0.25, 0.3) is 0 Å². The van der Waals surface area contributed by atoms with Crippen LogP contribution in [0, 0.1) is 0 Å². The van der Waals surface area contributed by atoms with Crippen LogP contribution < -0.4 is 5.32 Å². The Hall–Kier alpha value is -1.72. The lowest BCUT2D eigenvalue weighted by Gasteiger charge is -2.08. The van der Waals surface area contributed by atoms with Crippen LogP contribution >= 0.6 is 11.3 Å². The van der Waals surface area contributed by atoms with E-state index in [1.807, 2.05) is 11.4 Å². The highest BCUT2D eigenvalue weighted by molar-refractivity contribution is 7.09. The summed E-state index contributed by atoms with van der Waals surface area (Å²) in [5, 5.41) is 6.05. The van der Waals surface area contributed by atoms with Crippen molar-refractivity contribution < 1.29 is 9.53 Å². The summed E-state index contributed by atoms with van der Waals surface area (Å²) in [4.78, 5) is 16.5. The molecule has 1 aliphatic heterocycles. The van der Waals surface area contributed by atoms with Crippen LogP contribution in [0.5, 0.6) is 0 Å². The molecule has 0 bridgehead atoms. The predicted molar refractivity (Wildman–Crippen MR) is 86.8 cm³/mol. The molecule has 1 saturated heterocycles. The van der Waals surface area contributed by atoms with Crippen LogP contribution in [-0.2, 0) is 28.9 Å². The number of hydrogen-bond acceptors (Lipinski definition) is 4. The molecule has 3 rings (SSSR count). The molecular formula is C17H20N2O2S. The predicted octanol–water partition coefficient (Wildman–Crippen LogP) is 2.72. The van der Waals surface area contributed by atoms with Gasteiger partial charge in [-0.15, -0.1) is 11.3 Å². The fraction of sp³-hybridized carbons (Fsp3) is 0.412. The molecule has 0 saturated carbocycles. The van der Waals surface area contributed by atoms with Gasteiger partial charge in [-0.25, -0.2) is 4.98 Å². The average molecular weight is 316 g/mol. The number of rotatable bonds is 6. The second-order valence-corrected chi connectivity index (χ2v) is 6.38. The SMILES string of the molecule is O=C(NCc1csc(CCc2ccccc2)n1)C1CCCO1. The van der Waals surface area contributed by atoms with E-state index in [4.69, 9.17) is 4.74 Å². The normalized spacial score (nSPS) is 17.5. The molecule has 22 heavy (non-hydrogen) atoms. The Morgan fingerprint density at radius 3 is 2.95 bits per heavy atom. The Bertz CT molecular complexity index is 606. The molecule has 1 amide bonds. The number of hydrogen-bond donors (Lipinski definition) is 1. The van der Waals surface area contributed by atoms with Gasteiger partial charge in [-0.3, -0.25) is 4.79 Å². The number of amides is 1. The molecule has 1 N–H and O–H groups in total. The van der Waals surface area contributed by atoms with E-state index in [9.17, 15) is 4.79 Å². The molecule has 2 heterocycles. The third kappa shape index (κ3) is 4.15. The van der Waals surface area contributed by atoms with Crippen molar-refractivity contribution in [2.75, 3.05) is 6.61 Å². The molecular weight excluding hydrogens is 296 g/mol. The van der Waals surface area contributed by atoms with Crippen molar-refractivity contribution in [2.24, 2.45) is 0 Å². The van der Waals surface area contributed by atoms with Crippen LogP contribution in [0.15, 0.2) is 35.7 Å². The lowest BCUT2D eigenvalue weighted by Crippen LogP contribution is -2.33. The molecule has 4 nitrogen and oxygen atoms in total. The van der Waals surface area contributed by atoms with Gasteiger partial charge in [0.1, 0.15) is 6.10 Å². The van der Waals surface area contributed by atoms with Crippen LogP contribution in [-0.4, -0.2) is 23.6 Å². The number of ether oxygens (including phenoxy) is 1. The van der Waals surface area contributed by atoms with Crippen molar-refractivity contribution >= 4 is 17.2 Å². The second kappa shape index (κ2) is 7.51. The maximum absolute atomic E-state index is 11.9. The standard InChI is InChI=1S/C17H20N2O2S/c20-17(15-7-4-10-21-15)18-11-14-12-22-16(19-14)9-8-13-5-2-1-3-6-13/h1-3,5-6,12,15H,4,7-11H2,(H,18,20). The van der Waals surface area contributed by atoms with Gasteiger partial charge in [0.05, 0.1) is 17.2 Å². The van der Waals surface area contributed by atoms with E-state index in [2.05, 4.69) is 34.6 Å². The van der Waals surface area contributed by atoms with Crippen molar-refractivity contribution in [3.8, 4) is 0 Å². The van der Waals surface area contributed by atoms with E-state index >= 15 is 0 Å². The van der Waals surface area contributed by atoms with Gasteiger partial charge < -0.3 is 10.1 Å². The lowest BCUT2D eigenvalue weighted by molar-refractivity contribution is -0.130. The molecule has 1 aromatic carbocycles. The fourth-order valence-corrected chi connectivity index (χ4v) is 3.31. The quantitative estimate of drug-likeness (QED) is 0.891. The Balaban J connectivity index is 1.45. The maximum Gasteiger partial charge on any atom is 0.249 e. The summed E-state index contributed by atoms with van der Waals surface area (Å²) in [6.45, 7) is 1.18. The lowest BCUT2D eigenvalue weighted by atomic mass is 10.1. The number of nitrogens with zero attached hydrogens (tertiary/aromatic N) is 1. The number of carbonyl (C=O) groups is 1. The average Bonchev–Trinajstić information content (AvgIpc) is 3.23. The summed E-state index contributed by atoms with van der Waals surface area (Å²) >= 11 is 1.66. The molecule has 1 aliphatic rings. The Labute approximate surface area is 134 Å². The van der Waals surface area contributed by atoms with Crippen LogP contribution in [0.2, 0.25) is 0 Å². The van der Waals surface area contributed by atoms with Crippen molar-refractivity contribution in [3.63, 3.8) is 0 Å². The van der Waals surface area contributed by atoms with Crippen LogP contribution in [0.4, 0.5) is 0 Å². The zero-order chi connectivity index (χ0) is 15.2. The Kier molecular flexibility index (Phi) is 5.19. The Morgan fingerprint density at radius 2 is 2.18 bits per heavy atom. The number of thiazole rings is 1. The summed E-state index contributed by atoms with van der Waals surface area (Å²) in [5.74, 6) is -0.0173. The minimum atomic E-state index is -0.267. The van der Waals surface area contributed by atoms with Gasteiger partial charge in [0.25, 0.3) is 0 Å². The van der Waals surface area contributed by atoms with E-state index in [-0.39, 0.29) is 12.0 Å². The summed E-state index contributed by atoms with van der Waals surface area (Å²) in [7, 11) is 0. The second-order valence-electron chi connectivity index (χ2n) is 5.44. The number of benzene rings is 1. The smallest absolute Gasteiger partial charge is 0.249 e. The van der Waals surface area contributed by atoms with E-state index in [1.165, 1.54) is 5.56 Å². The minimum absolute atomic E-state index is 0.0173. The largest absolute Gasteiger partial charge is 0.368 e. The first-order valence-corrected chi connectivity index (χ1v) is 8.56. The third-order valence-electron chi connectivity index (χ3n) is 3.74. The van der Waals surface area contributed by atoms with E-state index in [1.54, 1.807) is 11.3 Å². The van der Waals surface area contributed by atoms with Gasteiger partial charge in [-0.1, -0.05) is 30.3 Å². The zero-order valence-corrected chi connectivity index (χ0v) is 13.3. The summed E-state index contributed by atoms with van der Waals surface area (Å²) in [5.41, 5.74) is 2.25. The molecule has 2 aromatic rings. The molecule has 1 fully saturated rings. The molecule has 116 valence electrons. The monoisotopic (exact) mass is 316 g/mol. The first kappa shape index (κ1) is 15.2. The zero-order valence-electron chi connectivity index (χ0n) is 12.5. The number of nitrogens with one attached hydrogen (secondary N) is 1.